The third-order valence-electron chi connectivity index (χ3n) is 1.90. The normalized spacial score (nSPS) is 26.1. The summed E-state index contributed by atoms with van der Waals surface area (Å²) in [4.78, 5) is 11.5. The highest BCUT2D eigenvalue weighted by molar-refractivity contribution is 5.54. The number of carbonyl (C=O) groups is 1. The van der Waals surface area contributed by atoms with E-state index in [9.17, 15) is 18.0 Å². The third-order valence-corrected chi connectivity index (χ3v) is 1.90. The highest BCUT2D eigenvalue weighted by Crippen LogP contribution is 2.21. The fourth-order valence-electron chi connectivity index (χ4n) is 1.37. The summed E-state index contributed by atoms with van der Waals surface area (Å²) in [5.74, 6) is -0.202. The molecule has 5 heteroatoms. The second-order valence-corrected chi connectivity index (χ2v) is 3.04. The highest BCUT2D eigenvalue weighted by Gasteiger charge is 2.33. The number of hydrogen-bond acceptors (Lipinski definition) is 2. The lowest BCUT2D eigenvalue weighted by Crippen LogP contribution is -2.32. The van der Waals surface area contributed by atoms with Gasteiger partial charge in [-0.15, -0.1) is 0 Å². The number of hydrogen-bond donors (Lipinski definition) is 0. The van der Waals surface area contributed by atoms with E-state index in [1.54, 1.807) is 0 Å². The van der Waals surface area contributed by atoms with Crippen molar-refractivity contribution < 1.29 is 18.0 Å². The van der Waals surface area contributed by atoms with Gasteiger partial charge in [0.15, 0.2) is 0 Å². The monoisotopic (exact) mass is 181 g/mol. The van der Waals surface area contributed by atoms with Crippen molar-refractivity contribution in [1.82, 2.24) is 4.90 Å². The van der Waals surface area contributed by atoms with Gasteiger partial charge < -0.3 is 4.79 Å². The molecule has 0 aromatic rings. The molecule has 0 radical (unpaired) electrons. The summed E-state index contributed by atoms with van der Waals surface area (Å²) >= 11 is 0. The standard InChI is InChI=1S/C7H10F3NO/c8-7(9,10)5-11-2-1-6(3-11)4-12/h4,6H,1-3,5H2/t6-/m1/s1. The van der Waals surface area contributed by atoms with Crippen LogP contribution in [-0.4, -0.2) is 37.0 Å². The maximum absolute atomic E-state index is 11.8. The van der Waals surface area contributed by atoms with Crippen molar-refractivity contribution in [3.63, 3.8) is 0 Å². The number of likely N-dealkylation sites (tertiary alicyclic amines) is 1. The molecular weight excluding hydrogens is 171 g/mol. The van der Waals surface area contributed by atoms with Crippen molar-refractivity contribution in [2.45, 2.75) is 12.6 Å². The van der Waals surface area contributed by atoms with Crippen LogP contribution >= 0.6 is 0 Å². The summed E-state index contributed by atoms with van der Waals surface area (Å²) in [6.07, 6.45) is -2.85. The fourth-order valence-corrected chi connectivity index (χ4v) is 1.37. The molecule has 0 unspecified atom stereocenters. The molecule has 0 saturated carbocycles. The zero-order chi connectivity index (χ0) is 9.19. The van der Waals surface area contributed by atoms with E-state index in [0.717, 1.165) is 6.29 Å². The SMILES string of the molecule is O=C[C@@H]1CCN(CC(F)(F)F)C1. The predicted molar refractivity (Wildman–Crippen MR) is 36.7 cm³/mol. The second kappa shape index (κ2) is 3.43. The van der Waals surface area contributed by atoms with E-state index in [-0.39, 0.29) is 12.5 Å². The Bertz CT molecular complexity index is 169. The topological polar surface area (TPSA) is 20.3 Å². The first-order chi connectivity index (χ1) is 5.51. The van der Waals surface area contributed by atoms with Gasteiger partial charge in [-0.1, -0.05) is 0 Å². The lowest BCUT2D eigenvalue weighted by molar-refractivity contribution is -0.144. The molecule has 1 aliphatic heterocycles. The summed E-state index contributed by atoms with van der Waals surface area (Å²) in [7, 11) is 0. The van der Waals surface area contributed by atoms with Gasteiger partial charge in [-0.3, -0.25) is 4.90 Å². The van der Waals surface area contributed by atoms with E-state index >= 15 is 0 Å². The summed E-state index contributed by atoms with van der Waals surface area (Å²) in [6, 6.07) is 0. The molecule has 2 nitrogen and oxygen atoms in total. The number of aldehydes is 1. The van der Waals surface area contributed by atoms with Crippen LogP contribution in [0.1, 0.15) is 6.42 Å². The Morgan fingerprint density at radius 3 is 2.58 bits per heavy atom. The Hall–Kier alpha value is -0.580. The van der Waals surface area contributed by atoms with Gasteiger partial charge in [0.1, 0.15) is 6.29 Å². The van der Waals surface area contributed by atoms with Crippen molar-refractivity contribution >= 4 is 6.29 Å². The Balaban J connectivity index is 2.33. The van der Waals surface area contributed by atoms with Crippen molar-refractivity contribution in [2.24, 2.45) is 5.92 Å². The summed E-state index contributed by atoms with van der Waals surface area (Å²) < 4.78 is 35.4. The second-order valence-electron chi connectivity index (χ2n) is 3.04. The number of rotatable bonds is 2. The third kappa shape index (κ3) is 2.81. The molecular formula is C7H10F3NO. The minimum absolute atomic E-state index is 0.202. The molecule has 1 atom stereocenters. The number of carbonyl (C=O) groups excluding carboxylic acids is 1. The molecule has 1 aliphatic rings. The fraction of sp³-hybridized carbons (Fsp3) is 0.857. The Morgan fingerprint density at radius 2 is 2.17 bits per heavy atom. The van der Waals surface area contributed by atoms with Crippen LogP contribution < -0.4 is 0 Å². The van der Waals surface area contributed by atoms with Gasteiger partial charge in [0, 0.05) is 12.5 Å². The van der Waals surface area contributed by atoms with Crippen LogP contribution in [-0.2, 0) is 4.79 Å². The van der Waals surface area contributed by atoms with Crippen LogP contribution in [0.15, 0.2) is 0 Å². The Kier molecular flexibility index (Phi) is 2.72. The van der Waals surface area contributed by atoms with E-state index in [1.807, 2.05) is 0 Å². The van der Waals surface area contributed by atoms with Crippen molar-refractivity contribution in [2.75, 3.05) is 19.6 Å². The largest absolute Gasteiger partial charge is 0.401 e. The summed E-state index contributed by atoms with van der Waals surface area (Å²) in [6.45, 7) is -0.261. The first kappa shape index (κ1) is 9.51. The molecule has 0 aromatic carbocycles. The highest BCUT2D eigenvalue weighted by atomic mass is 19.4. The van der Waals surface area contributed by atoms with Crippen LogP contribution in [0.2, 0.25) is 0 Å². The number of halogens is 3. The first-order valence-corrected chi connectivity index (χ1v) is 3.75. The van der Waals surface area contributed by atoms with Crippen LogP contribution in [0.5, 0.6) is 0 Å². The Morgan fingerprint density at radius 1 is 1.50 bits per heavy atom. The van der Waals surface area contributed by atoms with Gasteiger partial charge >= 0.3 is 6.18 Å². The first-order valence-electron chi connectivity index (χ1n) is 3.75. The van der Waals surface area contributed by atoms with Crippen LogP contribution in [0.3, 0.4) is 0 Å². The van der Waals surface area contributed by atoms with Gasteiger partial charge in [0.05, 0.1) is 6.54 Å². The maximum atomic E-state index is 11.8. The summed E-state index contributed by atoms with van der Waals surface area (Å²) in [5, 5.41) is 0. The average Bonchev–Trinajstić information content (AvgIpc) is 2.32. The van der Waals surface area contributed by atoms with E-state index in [2.05, 4.69) is 0 Å². The molecule has 70 valence electrons. The molecule has 0 amide bonds. The molecule has 12 heavy (non-hydrogen) atoms. The Labute approximate surface area is 68.3 Å². The number of alkyl halides is 3. The van der Waals surface area contributed by atoms with Gasteiger partial charge in [-0.2, -0.15) is 13.2 Å². The van der Waals surface area contributed by atoms with Gasteiger partial charge in [-0.25, -0.2) is 0 Å². The zero-order valence-corrected chi connectivity index (χ0v) is 6.47. The van der Waals surface area contributed by atoms with Gasteiger partial charge in [-0.05, 0) is 13.0 Å². The molecule has 0 N–H and O–H groups in total. The molecule has 1 saturated heterocycles. The van der Waals surface area contributed by atoms with Crippen LogP contribution in [0, 0.1) is 5.92 Å². The zero-order valence-electron chi connectivity index (χ0n) is 6.47. The van der Waals surface area contributed by atoms with E-state index in [1.165, 1.54) is 4.90 Å². The predicted octanol–water partition coefficient (Wildman–Crippen LogP) is 1.07. The van der Waals surface area contributed by atoms with Crippen LogP contribution in [0.4, 0.5) is 13.2 Å². The lowest BCUT2D eigenvalue weighted by atomic mass is 10.1. The van der Waals surface area contributed by atoms with Gasteiger partial charge in [0.2, 0.25) is 0 Å². The van der Waals surface area contributed by atoms with Gasteiger partial charge in [0.25, 0.3) is 0 Å². The minimum atomic E-state index is -4.14. The van der Waals surface area contributed by atoms with E-state index < -0.39 is 12.7 Å². The minimum Gasteiger partial charge on any atom is -0.303 e. The van der Waals surface area contributed by atoms with Crippen molar-refractivity contribution in [3.8, 4) is 0 Å². The lowest BCUT2D eigenvalue weighted by Gasteiger charge is -2.16. The molecule has 0 aliphatic carbocycles. The average molecular weight is 181 g/mol. The number of nitrogens with zero attached hydrogens (tertiary/aromatic N) is 1. The molecule has 1 heterocycles. The van der Waals surface area contributed by atoms with Crippen molar-refractivity contribution in [3.05, 3.63) is 0 Å². The molecule has 1 rings (SSSR count). The summed E-state index contributed by atoms with van der Waals surface area (Å²) in [5.41, 5.74) is 0. The van der Waals surface area contributed by atoms with E-state index in [0.29, 0.717) is 13.0 Å². The molecule has 0 spiro atoms. The molecule has 0 bridgehead atoms. The van der Waals surface area contributed by atoms with E-state index in [4.69, 9.17) is 0 Å². The smallest absolute Gasteiger partial charge is 0.303 e. The van der Waals surface area contributed by atoms with Crippen LogP contribution in [0.25, 0.3) is 0 Å². The quantitative estimate of drug-likeness (QED) is 0.594. The molecule has 0 aromatic heterocycles. The van der Waals surface area contributed by atoms with Crippen molar-refractivity contribution in [1.29, 1.82) is 0 Å². The molecule has 1 fully saturated rings. The maximum Gasteiger partial charge on any atom is 0.401 e.